The largest absolute Gasteiger partial charge is 0.435 e. The Morgan fingerprint density at radius 1 is 1.05 bits per heavy atom. The number of thiophene rings is 1. The van der Waals surface area contributed by atoms with Crippen LogP contribution >= 0.6 is 22.9 Å². The summed E-state index contributed by atoms with van der Waals surface area (Å²) >= 11 is 7.47. The van der Waals surface area contributed by atoms with Crippen molar-refractivity contribution in [3.05, 3.63) is 51.2 Å². The molecule has 6 heteroatoms. The minimum absolute atomic E-state index is 0.0847. The van der Waals surface area contributed by atoms with Gasteiger partial charge in [0.05, 0.1) is 4.34 Å². The molecule has 2 unspecified atom stereocenters. The number of nitrogens with one attached hydrogen (secondary N) is 1. The molecule has 0 saturated heterocycles. The molecule has 0 bridgehead atoms. The summed E-state index contributed by atoms with van der Waals surface area (Å²) in [6.07, 6.45) is 0. The highest BCUT2D eigenvalue weighted by molar-refractivity contribution is 7.16. The van der Waals surface area contributed by atoms with Gasteiger partial charge in [-0.15, -0.1) is 11.3 Å². The van der Waals surface area contributed by atoms with Crippen molar-refractivity contribution in [2.75, 3.05) is 0 Å². The van der Waals surface area contributed by atoms with Crippen LogP contribution in [0.2, 0.25) is 4.34 Å². The normalized spacial score (nSPS) is 14.2. The van der Waals surface area contributed by atoms with Gasteiger partial charge >= 0.3 is 6.61 Å². The second-order valence-corrected chi connectivity index (χ2v) is 6.45. The van der Waals surface area contributed by atoms with Gasteiger partial charge in [-0.1, -0.05) is 23.7 Å². The number of alkyl halides is 2. The molecule has 0 saturated carbocycles. The van der Waals surface area contributed by atoms with Crippen molar-refractivity contribution >= 4 is 22.9 Å². The van der Waals surface area contributed by atoms with Gasteiger partial charge in [0.1, 0.15) is 5.75 Å². The van der Waals surface area contributed by atoms with E-state index in [-0.39, 0.29) is 17.8 Å². The lowest BCUT2D eigenvalue weighted by atomic mass is 10.1. The second kappa shape index (κ2) is 7.20. The van der Waals surface area contributed by atoms with Crippen LogP contribution in [0.15, 0.2) is 36.4 Å². The van der Waals surface area contributed by atoms with E-state index in [4.69, 9.17) is 11.6 Å². The second-order valence-electron chi connectivity index (χ2n) is 4.70. The molecule has 1 aromatic carbocycles. The van der Waals surface area contributed by atoms with Gasteiger partial charge in [0, 0.05) is 17.0 Å². The van der Waals surface area contributed by atoms with Crippen LogP contribution in [0.5, 0.6) is 5.75 Å². The average molecular weight is 332 g/mol. The molecule has 1 aromatic heterocycles. The van der Waals surface area contributed by atoms with Gasteiger partial charge in [-0.2, -0.15) is 8.78 Å². The number of hydrogen-bond donors (Lipinski definition) is 1. The number of ether oxygens (including phenoxy) is 1. The molecule has 2 rings (SSSR count). The first-order valence-electron chi connectivity index (χ1n) is 6.51. The first kappa shape index (κ1) is 16.2. The van der Waals surface area contributed by atoms with E-state index in [1.54, 1.807) is 35.6 Å². The van der Waals surface area contributed by atoms with Crippen molar-refractivity contribution in [1.82, 2.24) is 5.32 Å². The van der Waals surface area contributed by atoms with E-state index in [1.165, 1.54) is 0 Å². The van der Waals surface area contributed by atoms with Gasteiger partial charge in [0.2, 0.25) is 0 Å². The van der Waals surface area contributed by atoms with Crippen LogP contribution in [0.1, 0.15) is 36.4 Å². The molecule has 0 fully saturated rings. The molecule has 0 radical (unpaired) electrons. The fourth-order valence-electron chi connectivity index (χ4n) is 2.05. The molecule has 2 atom stereocenters. The van der Waals surface area contributed by atoms with Gasteiger partial charge in [-0.25, -0.2) is 0 Å². The first-order valence-corrected chi connectivity index (χ1v) is 7.71. The lowest BCUT2D eigenvalue weighted by Gasteiger charge is -2.19. The molecule has 0 spiro atoms. The summed E-state index contributed by atoms with van der Waals surface area (Å²) in [4.78, 5) is 1.16. The zero-order valence-corrected chi connectivity index (χ0v) is 13.2. The summed E-state index contributed by atoms with van der Waals surface area (Å²) in [6.45, 7) is 1.29. The summed E-state index contributed by atoms with van der Waals surface area (Å²) in [5.41, 5.74) is 1.01. The molecule has 114 valence electrons. The summed E-state index contributed by atoms with van der Waals surface area (Å²) in [7, 11) is 0. The van der Waals surface area contributed by atoms with Crippen LogP contribution in [-0.4, -0.2) is 6.61 Å². The Kier molecular flexibility index (Phi) is 5.56. The van der Waals surface area contributed by atoms with Crippen LogP contribution in [0.25, 0.3) is 0 Å². The first-order chi connectivity index (χ1) is 9.95. The lowest BCUT2D eigenvalue weighted by molar-refractivity contribution is -0.0498. The van der Waals surface area contributed by atoms with E-state index in [2.05, 4.69) is 17.0 Å². The van der Waals surface area contributed by atoms with Crippen LogP contribution in [0.3, 0.4) is 0 Å². The maximum Gasteiger partial charge on any atom is 0.387 e. The van der Waals surface area contributed by atoms with Gasteiger partial charge in [-0.05, 0) is 43.7 Å². The molecule has 0 amide bonds. The predicted molar refractivity (Wildman–Crippen MR) is 82.4 cm³/mol. The molecule has 2 nitrogen and oxygen atoms in total. The molecule has 0 aliphatic carbocycles. The number of hydrogen-bond acceptors (Lipinski definition) is 3. The van der Waals surface area contributed by atoms with Crippen LogP contribution in [0, 0.1) is 0 Å². The quantitative estimate of drug-likeness (QED) is 0.763. The highest BCUT2D eigenvalue weighted by Crippen LogP contribution is 2.28. The fourth-order valence-corrected chi connectivity index (χ4v) is 3.12. The van der Waals surface area contributed by atoms with Gasteiger partial charge < -0.3 is 10.1 Å². The van der Waals surface area contributed by atoms with Gasteiger partial charge in [-0.3, -0.25) is 0 Å². The Labute approximate surface area is 131 Å². The molecule has 1 heterocycles. The zero-order chi connectivity index (χ0) is 15.4. The smallest absolute Gasteiger partial charge is 0.387 e. The topological polar surface area (TPSA) is 21.3 Å². The van der Waals surface area contributed by atoms with E-state index in [0.717, 1.165) is 14.8 Å². The minimum Gasteiger partial charge on any atom is -0.435 e. The third kappa shape index (κ3) is 4.66. The molecule has 1 N–H and O–H groups in total. The Balaban J connectivity index is 1.98. The standard InChI is InChI=1S/C15H16ClF2NOS/c1-9(19-10(2)13-7-8-14(16)21-13)11-3-5-12(6-4-11)20-15(17)18/h3-10,15,19H,1-2H3. The third-order valence-corrected chi connectivity index (χ3v) is 4.54. The lowest BCUT2D eigenvalue weighted by Crippen LogP contribution is -2.21. The Morgan fingerprint density at radius 2 is 1.71 bits per heavy atom. The van der Waals surface area contributed by atoms with Crippen molar-refractivity contribution < 1.29 is 13.5 Å². The predicted octanol–water partition coefficient (Wildman–Crippen LogP) is 5.41. The van der Waals surface area contributed by atoms with E-state index in [9.17, 15) is 8.78 Å². The Morgan fingerprint density at radius 3 is 2.24 bits per heavy atom. The Bertz CT molecular complexity index is 573. The average Bonchev–Trinajstić information content (AvgIpc) is 2.85. The minimum atomic E-state index is -2.80. The van der Waals surface area contributed by atoms with Crippen molar-refractivity contribution in [2.45, 2.75) is 32.5 Å². The zero-order valence-electron chi connectivity index (χ0n) is 11.6. The maximum atomic E-state index is 12.1. The molecule has 21 heavy (non-hydrogen) atoms. The van der Waals surface area contributed by atoms with Crippen molar-refractivity contribution in [1.29, 1.82) is 0 Å². The van der Waals surface area contributed by atoms with E-state index < -0.39 is 6.61 Å². The van der Waals surface area contributed by atoms with Crippen LogP contribution < -0.4 is 10.1 Å². The molecular weight excluding hydrogens is 316 g/mol. The van der Waals surface area contributed by atoms with Crippen LogP contribution in [-0.2, 0) is 0 Å². The molecule has 0 aliphatic heterocycles. The van der Waals surface area contributed by atoms with Gasteiger partial charge in [0.25, 0.3) is 0 Å². The fraction of sp³-hybridized carbons (Fsp3) is 0.333. The maximum absolute atomic E-state index is 12.1. The number of halogens is 3. The van der Waals surface area contributed by atoms with Gasteiger partial charge in [0.15, 0.2) is 0 Å². The third-order valence-electron chi connectivity index (χ3n) is 3.13. The highest BCUT2D eigenvalue weighted by atomic mass is 35.5. The van der Waals surface area contributed by atoms with Crippen molar-refractivity contribution in [2.24, 2.45) is 0 Å². The summed E-state index contributed by atoms with van der Waals surface area (Å²) in [5, 5.41) is 3.45. The van der Waals surface area contributed by atoms with Crippen molar-refractivity contribution in [3.63, 3.8) is 0 Å². The van der Waals surface area contributed by atoms with Crippen molar-refractivity contribution in [3.8, 4) is 5.75 Å². The number of rotatable bonds is 6. The monoisotopic (exact) mass is 331 g/mol. The summed E-state index contributed by atoms with van der Waals surface area (Å²) in [5.74, 6) is 0.166. The number of benzene rings is 1. The molecule has 2 aromatic rings. The van der Waals surface area contributed by atoms with E-state index in [0.29, 0.717) is 0 Å². The van der Waals surface area contributed by atoms with E-state index >= 15 is 0 Å². The molecular formula is C15H16ClF2NOS. The molecule has 0 aliphatic rings. The summed E-state index contributed by atoms with van der Waals surface area (Å²) in [6, 6.07) is 10.8. The van der Waals surface area contributed by atoms with E-state index in [1.807, 2.05) is 19.1 Å². The van der Waals surface area contributed by atoms with Crippen LogP contribution in [0.4, 0.5) is 8.78 Å². The summed E-state index contributed by atoms with van der Waals surface area (Å²) < 4.78 is 29.3. The Hall–Kier alpha value is -1.17. The highest BCUT2D eigenvalue weighted by Gasteiger charge is 2.13. The SMILES string of the molecule is CC(NC(C)c1ccc(Cl)s1)c1ccc(OC(F)F)cc1.